The molecule has 1 fully saturated rings. The maximum absolute atomic E-state index is 13.3. The van der Waals surface area contributed by atoms with E-state index in [-0.39, 0.29) is 23.1 Å². The monoisotopic (exact) mass is 392 g/mol. The molecule has 1 saturated carbocycles. The van der Waals surface area contributed by atoms with E-state index in [1.54, 1.807) is 12.1 Å². The van der Waals surface area contributed by atoms with Crippen LogP contribution < -0.4 is 5.43 Å². The number of hydrazone groups is 1. The van der Waals surface area contributed by atoms with E-state index < -0.39 is 5.41 Å². The molecule has 1 aliphatic rings. The van der Waals surface area contributed by atoms with Crippen LogP contribution in [-0.2, 0) is 4.79 Å². The van der Waals surface area contributed by atoms with Crippen molar-refractivity contribution in [2.75, 3.05) is 0 Å². The van der Waals surface area contributed by atoms with Gasteiger partial charge in [-0.3, -0.25) is 4.79 Å². The number of hydrogen-bond acceptors (Lipinski definition) is 3. The number of imidazole rings is 1. The van der Waals surface area contributed by atoms with Crippen LogP contribution in [0.5, 0.6) is 0 Å². The number of H-pyrrole nitrogens is 1. The zero-order chi connectivity index (χ0) is 20.6. The summed E-state index contributed by atoms with van der Waals surface area (Å²) in [5, 5.41) is 4.06. The van der Waals surface area contributed by atoms with Crippen LogP contribution >= 0.6 is 0 Å². The average molecular weight is 392 g/mol. The zero-order valence-electron chi connectivity index (χ0n) is 16.9. The Morgan fingerprint density at radius 2 is 2.03 bits per heavy atom. The van der Waals surface area contributed by atoms with Crippen LogP contribution in [-0.4, -0.2) is 22.1 Å². The summed E-state index contributed by atoms with van der Waals surface area (Å²) >= 11 is 0. The lowest BCUT2D eigenvalue weighted by molar-refractivity contribution is -0.135. The van der Waals surface area contributed by atoms with Gasteiger partial charge in [0.25, 0.3) is 0 Å². The van der Waals surface area contributed by atoms with E-state index in [1.807, 2.05) is 31.2 Å². The Balaban J connectivity index is 1.53. The third-order valence-corrected chi connectivity index (χ3v) is 6.69. The van der Waals surface area contributed by atoms with Crippen LogP contribution in [0.15, 0.2) is 53.6 Å². The molecule has 6 heteroatoms. The minimum absolute atomic E-state index is 0.131. The highest BCUT2D eigenvalue weighted by Crippen LogP contribution is 2.59. The van der Waals surface area contributed by atoms with Crippen LogP contribution in [0.1, 0.15) is 50.9 Å². The van der Waals surface area contributed by atoms with Gasteiger partial charge in [-0.25, -0.2) is 14.8 Å². The van der Waals surface area contributed by atoms with Crippen molar-refractivity contribution in [3.8, 4) is 0 Å². The third-order valence-electron chi connectivity index (χ3n) is 6.69. The number of amides is 1. The molecule has 2 atom stereocenters. The topological polar surface area (TPSA) is 70.1 Å². The lowest BCUT2D eigenvalue weighted by atomic mass is 9.65. The summed E-state index contributed by atoms with van der Waals surface area (Å²) in [5.74, 6) is 0.598. The molecule has 1 aliphatic carbocycles. The summed E-state index contributed by atoms with van der Waals surface area (Å²) in [5.41, 5.74) is 4.29. The second-order valence-corrected chi connectivity index (χ2v) is 8.54. The molecule has 1 heterocycles. The molecule has 2 aromatic carbocycles. The Kier molecular flexibility index (Phi) is 4.73. The summed E-state index contributed by atoms with van der Waals surface area (Å²) in [6.45, 7) is 6.23. The largest absolute Gasteiger partial charge is 0.342 e. The van der Waals surface area contributed by atoms with Crippen LogP contribution in [0.4, 0.5) is 4.39 Å². The highest BCUT2D eigenvalue weighted by molar-refractivity contribution is 5.86. The summed E-state index contributed by atoms with van der Waals surface area (Å²) in [6, 6.07) is 14.0. The summed E-state index contributed by atoms with van der Waals surface area (Å²) in [6.07, 6.45) is 3.07. The summed E-state index contributed by atoms with van der Waals surface area (Å²) in [7, 11) is 0. The van der Waals surface area contributed by atoms with Gasteiger partial charge in [0.15, 0.2) is 0 Å². The van der Waals surface area contributed by atoms with Crippen molar-refractivity contribution < 1.29 is 9.18 Å². The zero-order valence-corrected chi connectivity index (χ0v) is 16.9. The quantitative estimate of drug-likeness (QED) is 0.496. The van der Waals surface area contributed by atoms with E-state index in [2.05, 4.69) is 29.4 Å². The van der Waals surface area contributed by atoms with Gasteiger partial charge < -0.3 is 4.98 Å². The minimum Gasteiger partial charge on any atom is -0.342 e. The number of nitrogens with zero attached hydrogens (tertiary/aromatic N) is 2. The molecule has 5 nitrogen and oxygen atoms in total. The molecule has 0 radical (unpaired) electrons. The van der Waals surface area contributed by atoms with Gasteiger partial charge in [-0.15, -0.1) is 0 Å². The normalized spacial score (nSPS) is 23.7. The van der Waals surface area contributed by atoms with Crippen molar-refractivity contribution in [1.29, 1.82) is 0 Å². The van der Waals surface area contributed by atoms with Gasteiger partial charge in [0.2, 0.25) is 5.91 Å². The molecule has 0 unspecified atom stereocenters. The van der Waals surface area contributed by atoms with Crippen molar-refractivity contribution in [3.63, 3.8) is 0 Å². The van der Waals surface area contributed by atoms with Crippen LogP contribution in [0.2, 0.25) is 0 Å². The molecule has 1 aromatic heterocycles. The first kappa shape index (κ1) is 19.3. The van der Waals surface area contributed by atoms with Gasteiger partial charge >= 0.3 is 0 Å². The maximum atomic E-state index is 13.3. The van der Waals surface area contributed by atoms with E-state index in [1.165, 1.54) is 18.3 Å². The predicted molar refractivity (Wildman–Crippen MR) is 112 cm³/mol. The van der Waals surface area contributed by atoms with Crippen molar-refractivity contribution in [2.45, 2.75) is 39.5 Å². The lowest BCUT2D eigenvalue weighted by Crippen LogP contribution is -2.45. The van der Waals surface area contributed by atoms with Gasteiger partial charge in [0, 0.05) is 5.92 Å². The van der Waals surface area contributed by atoms with Gasteiger partial charge in [-0.1, -0.05) is 45.0 Å². The number of rotatable bonds is 4. The fraction of sp³-hybridized carbons (Fsp3) is 0.348. The fourth-order valence-electron chi connectivity index (χ4n) is 4.40. The summed E-state index contributed by atoms with van der Waals surface area (Å²) < 4.78 is 13.3. The number of carbonyl (C=O) groups is 1. The van der Waals surface area contributed by atoms with E-state index >= 15 is 0 Å². The Morgan fingerprint density at radius 3 is 2.79 bits per heavy atom. The molecule has 150 valence electrons. The van der Waals surface area contributed by atoms with Crippen LogP contribution in [0, 0.1) is 16.6 Å². The number of fused-ring (bicyclic) bond motifs is 1. The molecular weight excluding hydrogens is 367 g/mol. The van der Waals surface area contributed by atoms with Crippen molar-refractivity contribution in [3.05, 3.63) is 65.7 Å². The maximum Gasteiger partial charge on any atom is 0.246 e. The van der Waals surface area contributed by atoms with E-state index in [0.717, 1.165) is 29.7 Å². The Labute approximate surface area is 169 Å². The molecule has 0 bridgehead atoms. The molecule has 1 amide bonds. The fourth-order valence-corrected chi connectivity index (χ4v) is 4.40. The molecule has 0 aliphatic heterocycles. The first-order valence-electron chi connectivity index (χ1n) is 9.85. The Hall–Kier alpha value is -3.02. The van der Waals surface area contributed by atoms with Crippen LogP contribution in [0.25, 0.3) is 11.0 Å². The highest BCUT2D eigenvalue weighted by Gasteiger charge is 2.57. The second-order valence-electron chi connectivity index (χ2n) is 8.54. The standard InChI is InChI=1S/C23H25FN4O/c1-22(2)17(20-26-18-9-4-5-10-19(18)27-20)11-12-23(22,3)21(29)28-25-14-15-7-6-8-16(24)13-15/h4-10,13-14,17H,11-12H2,1-3H3,(H,26,27)(H,28,29)/t17-,23+/m1/s1. The molecule has 29 heavy (non-hydrogen) atoms. The molecule has 0 saturated heterocycles. The van der Waals surface area contributed by atoms with Gasteiger partial charge in [-0.05, 0) is 48.1 Å². The van der Waals surface area contributed by atoms with Crippen molar-refractivity contribution in [1.82, 2.24) is 15.4 Å². The number of carbonyl (C=O) groups excluding carboxylic acids is 1. The number of hydrogen-bond donors (Lipinski definition) is 2. The number of aromatic nitrogens is 2. The van der Waals surface area contributed by atoms with Gasteiger partial charge in [0.05, 0.1) is 22.7 Å². The smallest absolute Gasteiger partial charge is 0.246 e. The second kappa shape index (κ2) is 7.10. The Morgan fingerprint density at radius 1 is 1.24 bits per heavy atom. The molecule has 4 rings (SSSR count). The van der Waals surface area contributed by atoms with Crippen molar-refractivity contribution >= 4 is 23.2 Å². The van der Waals surface area contributed by atoms with Crippen LogP contribution in [0.3, 0.4) is 0 Å². The highest BCUT2D eigenvalue weighted by atomic mass is 19.1. The first-order chi connectivity index (χ1) is 13.8. The lowest BCUT2D eigenvalue weighted by Gasteiger charge is -2.39. The van der Waals surface area contributed by atoms with Crippen molar-refractivity contribution in [2.24, 2.45) is 15.9 Å². The minimum atomic E-state index is -0.601. The third kappa shape index (κ3) is 3.33. The van der Waals surface area contributed by atoms with E-state index in [0.29, 0.717) is 5.56 Å². The molecular formula is C23H25FN4O. The van der Waals surface area contributed by atoms with Gasteiger partial charge in [-0.2, -0.15) is 5.10 Å². The predicted octanol–water partition coefficient (Wildman–Crippen LogP) is 4.76. The van der Waals surface area contributed by atoms with Gasteiger partial charge in [0.1, 0.15) is 11.6 Å². The van der Waals surface area contributed by atoms with E-state index in [9.17, 15) is 9.18 Å². The average Bonchev–Trinajstić information content (AvgIpc) is 3.20. The number of halogens is 1. The number of benzene rings is 2. The number of para-hydroxylation sites is 2. The number of nitrogens with one attached hydrogen (secondary N) is 2. The SMILES string of the molecule is CC1(C)[C@@H](c2nc3ccccc3[nH]2)CC[C@@]1(C)C(=O)NN=Cc1cccc(F)c1. The number of aromatic amines is 1. The molecule has 2 N–H and O–H groups in total. The molecule has 3 aromatic rings. The first-order valence-corrected chi connectivity index (χ1v) is 9.85. The Bertz CT molecular complexity index is 1050. The summed E-state index contributed by atoms with van der Waals surface area (Å²) in [4.78, 5) is 21.3. The van der Waals surface area contributed by atoms with E-state index in [4.69, 9.17) is 4.98 Å². The molecule has 0 spiro atoms.